The number of carbonyl (C=O) groups is 2. The van der Waals surface area contributed by atoms with Crippen LogP contribution in [0.4, 0.5) is 0 Å². The van der Waals surface area contributed by atoms with Crippen LogP contribution in [0.15, 0.2) is 24.3 Å². The van der Waals surface area contributed by atoms with Crippen LogP contribution < -0.4 is 0 Å². The highest BCUT2D eigenvalue weighted by atomic mass is 16.6. The molecular weight excluding hydrogens is 210 g/mol. The van der Waals surface area contributed by atoms with E-state index >= 15 is 0 Å². The van der Waals surface area contributed by atoms with Crippen molar-refractivity contribution in [2.45, 2.75) is 18.9 Å². The smallest absolute Gasteiger partial charge is 0.285 e. The highest BCUT2D eigenvalue weighted by Gasteiger charge is 2.62. The Bertz CT molecular complexity index is 471. The van der Waals surface area contributed by atoms with Crippen molar-refractivity contribution in [3.8, 4) is 0 Å². The van der Waals surface area contributed by atoms with Gasteiger partial charge in [0.2, 0.25) is 11.6 Å². The molecule has 1 aliphatic rings. The predicted octanol–water partition coefficient (Wildman–Crippen LogP) is 1.49. The Morgan fingerprint density at radius 3 is 1.94 bits per heavy atom. The molecule has 0 aromatic heterocycles. The number of hydrogen-bond donors (Lipinski definition) is 0. The average molecular weight is 219 g/mol. The molecule has 82 valence electrons. The molecule has 16 heavy (non-hydrogen) atoms. The van der Waals surface area contributed by atoms with Gasteiger partial charge < -0.3 is 0 Å². The second-order valence-corrected chi connectivity index (χ2v) is 3.67. The number of carbonyl (C=O) groups excluding carboxylic acids is 2. The lowest BCUT2D eigenvalue weighted by molar-refractivity contribution is -0.530. The molecule has 0 spiro atoms. The van der Waals surface area contributed by atoms with E-state index in [0.29, 0.717) is 0 Å². The number of hydrogen-bond acceptors (Lipinski definition) is 4. The normalized spacial score (nSPS) is 17.3. The summed E-state index contributed by atoms with van der Waals surface area (Å²) in [7, 11) is 0. The molecule has 1 aromatic rings. The lowest BCUT2D eigenvalue weighted by Crippen LogP contribution is -2.48. The van der Waals surface area contributed by atoms with Crippen LogP contribution in [-0.4, -0.2) is 22.0 Å². The van der Waals surface area contributed by atoms with E-state index in [-0.39, 0.29) is 17.5 Å². The Morgan fingerprint density at radius 2 is 1.62 bits per heavy atom. The highest BCUT2D eigenvalue weighted by Crippen LogP contribution is 2.34. The first kappa shape index (κ1) is 10.5. The van der Waals surface area contributed by atoms with Gasteiger partial charge in [0.1, 0.15) is 0 Å². The van der Waals surface area contributed by atoms with Gasteiger partial charge in [-0.1, -0.05) is 31.2 Å². The third kappa shape index (κ3) is 0.997. The number of nitro groups is 1. The molecule has 0 N–H and O–H groups in total. The van der Waals surface area contributed by atoms with E-state index in [1.165, 1.54) is 19.1 Å². The molecule has 1 aromatic carbocycles. The lowest BCUT2D eigenvalue weighted by atomic mass is 9.91. The summed E-state index contributed by atoms with van der Waals surface area (Å²) in [5.74, 6) is -1.39. The van der Waals surface area contributed by atoms with Gasteiger partial charge in [0.15, 0.2) is 0 Å². The average Bonchev–Trinajstić information content (AvgIpc) is 2.50. The summed E-state index contributed by atoms with van der Waals surface area (Å²) in [6, 6.07) is 6.10. The maximum absolute atomic E-state index is 11.9. The zero-order valence-electron chi connectivity index (χ0n) is 8.60. The minimum absolute atomic E-state index is 0.119. The first-order chi connectivity index (χ1) is 7.55. The van der Waals surface area contributed by atoms with Crippen LogP contribution >= 0.6 is 0 Å². The van der Waals surface area contributed by atoms with Gasteiger partial charge in [0.05, 0.1) is 0 Å². The number of ketones is 2. The third-order valence-electron chi connectivity index (χ3n) is 2.99. The van der Waals surface area contributed by atoms with Gasteiger partial charge in [-0.25, -0.2) is 0 Å². The van der Waals surface area contributed by atoms with Crippen molar-refractivity contribution in [2.75, 3.05) is 0 Å². The maximum Gasteiger partial charge on any atom is 0.344 e. The van der Waals surface area contributed by atoms with Crippen LogP contribution in [0.3, 0.4) is 0 Å². The van der Waals surface area contributed by atoms with Gasteiger partial charge in [0.25, 0.3) is 0 Å². The summed E-state index contributed by atoms with van der Waals surface area (Å²) in [5.41, 5.74) is -1.78. The topological polar surface area (TPSA) is 77.3 Å². The summed E-state index contributed by atoms with van der Waals surface area (Å²) in [5, 5.41) is 11.0. The molecule has 5 heteroatoms. The number of rotatable bonds is 2. The predicted molar refractivity (Wildman–Crippen MR) is 55.1 cm³/mol. The van der Waals surface area contributed by atoms with E-state index in [1.54, 1.807) is 12.1 Å². The number of benzene rings is 1. The van der Waals surface area contributed by atoms with Gasteiger partial charge >= 0.3 is 5.54 Å². The summed E-state index contributed by atoms with van der Waals surface area (Å²) >= 11 is 0. The van der Waals surface area contributed by atoms with Crippen LogP contribution in [-0.2, 0) is 0 Å². The fourth-order valence-corrected chi connectivity index (χ4v) is 2.04. The largest absolute Gasteiger partial charge is 0.344 e. The summed E-state index contributed by atoms with van der Waals surface area (Å²) in [4.78, 5) is 34.1. The Morgan fingerprint density at radius 1 is 1.19 bits per heavy atom. The minimum Gasteiger partial charge on any atom is -0.285 e. The first-order valence-corrected chi connectivity index (χ1v) is 4.89. The van der Waals surface area contributed by atoms with Gasteiger partial charge in [-0.05, 0) is 0 Å². The van der Waals surface area contributed by atoms with Gasteiger partial charge in [-0.2, -0.15) is 0 Å². The summed E-state index contributed by atoms with van der Waals surface area (Å²) in [6.45, 7) is 1.48. The van der Waals surface area contributed by atoms with Crippen LogP contribution in [0.2, 0.25) is 0 Å². The van der Waals surface area contributed by atoms with Crippen LogP contribution in [0.5, 0.6) is 0 Å². The molecule has 0 aliphatic heterocycles. The fourth-order valence-electron chi connectivity index (χ4n) is 2.04. The number of fused-ring (bicyclic) bond motifs is 1. The van der Waals surface area contributed by atoms with E-state index in [2.05, 4.69) is 0 Å². The molecule has 0 atom stereocenters. The first-order valence-electron chi connectivity index (χ1n) is 4.89. The lowest BCUT2D eigenvalue weighted by Gasteiger charge is -2.13. The van der Waals surface area contributed by atoms with E-state index in [4.69, 9.17) is 0 Å². The Balaban J connectivity index is 2.70. The highest BCUT2D eigenvalue weighted by molar-refractivity contribution is 6.31. The third-order valence-corrected chi connectivity index (χ3v) is 2.99. The molecule has 0 fully saturated rings. The summed E-state index contributed by atoms with van der Waals surface area (Å²) < 4.78 is 0. The quantitative estimate of drug-likeness (QED) is 0.429. The molecule has 2 rings (SSSR count). The molecule has 0 heterocycles. The zero-order valence-corrected chi connectivity index (χ0v) is 8.60. The SMILES string of the molecule is CCC1([N+](=O)[O-])C(=O)c2ccccc2C1=O. The van der Waals surface area contributed by atoms with Gasteiger partial charge in [0, 0.05) is 22.5 Å². The zero-order chi connectivity index (χ0) is 11.9. The molecule has 0 saturated carbocycles. The second kappa shape index (κ2) is 3.23. The van der Waals surface area contributed by atoms with Crippen molar-refractivity contribution in [3.05, 3.63) is 45.5 Å². The number of Topliss-reactive ketones (excluding diaryl/α,β-unsaturated/α-hetero) is 2. The second-order valence-electron chi connectivity index (χ2n) is 3.67. The van der Waals surface area contributed by atoms with Gasteiger partial charge in [-0.15, -0.1) is 0 Å². The number of nitrogens with zero attached hydrogens (tertiary/aromatic N) is 1. The van der Waals surface area contributed by atoms with Gasteiger partial charge in [-0.3, -0.25) is 19.7 Å². The molecule has 0 bridgehead atoms. The Labute approximate surface area is 91.2 Å². The summed E-state index contributed by atoms with van der Waals surface area (Å²) in [6.07, 6.45) is -0.119. The molecular formula is C11H9NO4. The van der Waals surface area contributed by atoms with Crippen molar-refractivity contribution in [1.29, 1.82) is 0 Å². The Hall–Kier alpha value is -2.04. The van der Waals surface area contributed by atoms with Crippen molar-refractivity contribution in [1.82, 2.24) is 0 Å². The monoisotopic (exact) mass is 219 g/mol. The van der Waals surface area contributed by atoms with E-state index in [9.17, 15) is 19.7 Å². The van der Waals surface area contributed by atoms with E-state index in [1.807, 2.05) is 0 Å². The molecule has 1 aliphatic carbocycles. The standard InChI is InChI=1S/C11H9NO4/c1-2-11(12(15)16)9(13)7-5-3-4-6-8(7)10(11)14/h3-6H,2H2,1H3. The molecule has 0 unspecified atom stereocenters. The van der Waals surface area contributed by atoms with E-state index < -0.39 is 22.0 Å². The molecule has 5 nitrogen and oxygen atoms in total. The van der Waals surface area contributed by atoms with Crippen molar-refractivity contribution >= 4 is 11.6 Å². The van der Waals surface area contributed by atoms with Crippen LogP contribution in [0, 0.1) is 10.1 Å². The molecule has 0 saturated heterocycles. The Kier molecular flexibility index (Phi) is 2.11. The minimum atomic E-state index is -2.09. The van der Waals surface area contributed by atoms with Crippen molar-refractivity contribution in [3.63, 3.8) is 0 Å². The van der Waals surface area contributed by atoms with E-state index in [0.717, 1.165) is 0 Å². The van der Waals surface area contributed by atoms with Crippen molar-refractivity contribution < 1.29 is 14.5 Å². The molecule has 0 amide bonds. The van der Waals surface area contributed by atoms with Crippen LogP contribution in [0.25, 0.3) is 0 Å². The fraction of sp³-hybridized carbons (Fsp3) is 0.273. The maximum atomic E-state index is 11.9. The van der Waals surface area contributed by atoms with Crippen LogP contribution in [0.1, 0.15) is 34.1 Å². The van der Waals surface area contributed by atoms with Crippen molar-refractivity contribution in [2.24, 2.45) is 0 Å². The molecule has 0 radical (unpaired) electrons.